The van der Waals surface area contributed by atoms with E-state index in [-0.39, 0.29) is 0 Å². The average molecular weight is 531 g/mol. The Balaban J connectivity index is 1.73. The third kappa shape index (κ3) is 5.77. The van der Waals surface area contributed by atoms with Crippen LogP contribution in [0.2, 0.25) is 0 Å². The second-order valence-electron chi connectivity index (χ2n) is 8.26. The fraction of sp³-hybridized carbons (Fsp3) is 0.0625. The molecule has 0 atom stereocenters. The Kier molecular flexibility index (Phi) is 8.43. The molecule has 0 aliphatic rings. The summed E-state index contributed by atoms with van der Waals surface area (Å²) in [5, 5.41) is 0. The second kappa shape index (κ2) is 12.5. The fourth-order valence-electron chi connectivity index (χ4n) is 4.13. The lowest BCUT2D eigenvalue weighted by Crippen LogP contribution is -2.06. The molecule has 186 valence electrons. The predicted molar refractivity (Wildman–Crippen MR) is 162 cm³/mol. The third-order valence-corrected chi connectivity index (χ3v) is 7.51. The van der Waals surface area contributed by atoms with Gasteiger partial charge in [0.1, 0.15) is 0 Å². The van der Waals surface area contributed by atoms with Crippen LogP contribution >= 0.6 is 23.5 Å². The molecule has 0 N–H and O–H groups in total. The van der Waals surface area contributed by atoms with Gasteiger partial charge in [-0.05, 0) is 24.6 Å². The molecule has 0 aliphatic carbocycles. The molecule has 6 heteroatoms. The molecule has 0 unspecified atom stereocenters. The number of hydrogen-bond donors (Lipinski definition) is 0. The van der Waals surface area contributed by atoms with E-state index in [1.807, 2.05) is 60.7 Å². The fourth-order valence-corrected chi connectivity index (χ4v) is 5.32. The Bertz CT molecular complexity index is 1460. The summed E-state index contributed by atoms with van der Waals surface area (Å²) in [6.45, 7) is 0. The first-order chi connectivity index (χ1) is 18.8. The molecular formula is C32H26N4S2. The van der Waals surface area contributed by atoms with Crippen molar-refractivity contribution in [3.63, 3.8) is 0 Å². The van der Waals surface area contributed by atoms with Gasteiger partial charge in [0.05, 0.1) is 11.4 Å². The number of nitrogens with zero attached hydrogens (tertiary/aromatic N) is 4. The minimum atomic E-state index is 0.470. The summed E-state index contributed by atoms with van der Waals surface area (Å²) in [6, 6.07) is 37.0. The van der Waals surface area contributed by atoms with Crippen molar-refractivity contribution in [1.29, 1.82) is 0 Å². The van der Waals surface area contributed by atoms with Gasteiger partial charge < -0.3 is 0 Å². The maximum Gasteiger partial charge on any atom is 0.198 e. The standard InChI is InChI=1S/C32H26N4S2/c1-37-27-19-11-9-17-25(27)29(23-13-5-3-6-14-23)35-31-32(34-22-21-33-31)36-30(24-15-7-4-8-16-24)26-18-10-12-20-28(26)38-2/h3-22H,1-2H3. The van der Waals surface area contributed by atoms with E-state index in [0.29, 0.717) is 11.6 Å². The predicted octanol–water partition coefficient (Wildman–Crippen LogP) is 8.26. The molecule has 1 heterocycles. The molecule has 0 bridgehead atoms. The largest absolute Gasteiger partial charge is 0.232 e. The zero-order valence-corrected chi connectivity index (χ0v) is 22.8. The Labute approximate surface area is 232 Å². The Morgan fingerprint density at radius 2 is 0.868 bits per heavy atom. The SMILES string of the molecule is CSc1ccccc1C(=Nc1nccnc1N=C(c1ccccc1)c1ccccc1SC)c1ccccc1. The normalized spacial score (nSPS) is 11.9. The van der Waals surface area contributed by atoms with Crippen molar-refractivity contribution >= 4 is 46.6 Å². The van der Waals surface area contributed by atoms with Crippen molar-refractivity contribution < 1.29 is 0 Å². The highest BCUT2D eigenvalue weighted by atomic mass is 32.2. The lowest BCUT2D eigenvalue weighted by molar-refractivity contribution is 1.15. The van der Waals surface area contributed by atoms with Crippen LogP contribution in [0.5, 0.6) is 0 Å². The minimum Gasteiger partial charge on any atom is -0.232 e. The maximum absolute atomic E-state index is 5.11. The van der Waals surface area contributed by atoms with Gasteiger partial charge in [-0.25, -0.2) is 20.0 Å². The van der Waals surface area contributed by atoms with Crippen molar-refractivity contribution in [1.82, 2.24) is 9.97 Å². The number of aromatic nitrogens is 2. The highest BCUT2D eigenvalue weighted by Crippen LogP contribution is 2.31. The van der Waals surface area contributed by atoms with Crippen LogP contribution in [-0.4, -0.2) is 33.9 Å². The van der Waals surface area contributed by atoms with Gasteiger partial charge in [0.25, 0.3) is 0 Å². The van der Waals surface area contributed by atoms with Gasteiger partial charge in [0, 0.05) is 44.4 Å². The van der Waals surface area contributed by atoms with Crippen molar-refractivity contribution in [3.05, 3.63) is 144 Å². The summed E-state index contributed by atoms with van der Waals surface area (Å²) in [4.78, 5) is 21.8. The van der Waals surface area contributed by atoms with Crippen LogP contribution in [-0.2, 0) is 0 Å². The quantitative estimate of drug-likeness (QED) is 0.150. The number of hydrogen-bond acceptors (Lipinski definition) is 6. The molecular weight excluding hydrogens is 505 g/mol. The van der Waals surface area contributed by atoms with Crippen LogP contribution in [0.15, 0.2) is 141 Å². The lowest BCUT2D eigenvalue weighted by atomic mass is 10.0. The van der Waals surface area contributed by atoms with E-state index in [2.05, 4.69) is 71.0 Å². The first-order valence-corrected chi connectivity index (χ1v) is 14.6. The molecule has 0 saturated heterocycles. The van der Waals surface area contributed by atoms with Gasteiger partial charge in [-0.2, -0.15) is 0 Å². The topological polar surface area (TPSA) is 50.5 Å². The Morgan fingerprint density at radius 3 is 1.26 bits per heavy atom. The third-order valence-electron chi connectivity index (χ3n) is 5.91. The monoisotopic (exact) mass is 530 g/mol. The first kappa shape index (κ1) is 25.6. The average Bonchev–Trinajstić information content (AvgIpc) is 3.00. The molecule has 5 aromatic rings. The molecule has 5 rings (SSSR count). The first-order valence-electron chi connectivity index (χ1n) is 12.1. The zero-order valence-electron chi connectivity index (χ0n) is 21.2. The van der Waals surface area contributed by atoms with Gasteiger partial charge in [-0.1, -0.05) is 97.1 Å². The lowest BCUT2D eigenvalue weighted by Gasteiger charge is -2.13. The van der Waals surface area contributed by atoms with Crippen LogP contribution in [0.1, 0.15) is 22.3 Å². The highest BCUT2D eigenvalue weighted by Gasteiger charge is 2.16. The molecule has 0 spiro atoms. The van der Waals surface area contributed by atoms with Crippen molar-refractivity contribution in [2.24, 2.45) is 9.98 Å². The van der Waals surface area contributed by atoms with Gasteiger partial charge in [-0.15, -0.1) is 23.5 Å². The van der Waals surface area contributed by atoms with E-state index < -0.39 is 0 Å². The van der Waals surface area contributed by atoms with Crippen molar-refractivity contribution in [3.8, 4) is 0 Å². The van der Waals surface area contributed by atoms with E-state index in [4.69, 9.17) is 9.98 Å². The Morgan fingerprint density at radius 1 is 0.500 bits per heavy atom. The van der Waals surface area contributed by atoms with Crippen LogP contribution in [0.3, 0.4) is 0 Å². The van der Waals surface area contributed by atoms with Crippen LogP contribution in [0, 0.1) is 0 Å². The molecule has 4 aromatic carbocycles. The molecule has 0 saturated carbocycles. The van der Waals surface area contributed by atoms with E-state index in [0.717, 1.165) is 43.5 Å². The molecule has 4 nitrogen and oxygen atoms in total. The van der Waals surface area contributed by atoms with Gasteiger partial charge in [-0.3, -0.25) is 0 Å². The smallest absolute Gasteiger partial charge is 0.198 e. The van der Waals surface area contributed by atoms with Crippen LogP contribution < -0.4 is 0 Å². The molecule has 38 heavy (non-hydrogen) atoms. The minimum absolute atomic E-state index is 0.470. The summed E-state index contributed by atoms with van der Waals surface area (Å²) in [7, 11) is 0. The van der Waals surface area contributed by atoms with E-state index >= 15 is 0 Å². The van der Waals surface area contributed by atoms with Gasteiger partial charge in [0.15, 0.2) is 11.6 Å². The number of thioether (sulfide) groups is 2. The molecule has 0 fully saturated rings. The molecule has 0 radical (unpaired) electrons. The second-order valence-corrected chi connectivity index (χ2v) is 9.95. The number of benzene rings is 4. The summed E-state index contributed by atoms with van der Waals surface area (Å²) in [6.07, 6.45) is 7.49. The number of rotatable bonds is 8. The van der Waals surface area contributed by atoms with Gasteiger partial charge in [0.2, 0.25) is 0 Å². The summed E-state index contributed by atoms with van der Waals surface area (Å²) in [5.41, 5.74) is 5.76. The van der Waals surface area contributed by atoms with Crippen molar-refractivity contribution in [2.75, 3.05) is 12.5 Å². The summed E-state index contributed by atoms with van der Waals surface area (Å²) < 4.78 is 0. The van der Waals surface area contributed by atoms with E-state index in [9.17, 15) is 0 Å². The molecule has 0 amide bonds. The molecule has 0 aliphatic heterocycles. The van der Waals surface area contributed by atoms with E-state index in [1.165, 1.54) is 0 Å². The van der Waals surface area contributed by atoms with E-state index in [1.54, 1.807) is 35.9 Å². The Hall–Kier alpha value is -4.00. The summed E-state index contributed by atoms with van der Waals surface area (Å²) >= 11 is 3.39. The van der Waals surface area contributed by atoms with Gasteiger partial charge >= 0.3 is 0 Å². The van der Waals surface area contributed by atoms with Crippen LogP contribution in [0.25, 0.3) is 0 Å². The van der Waals surface area contributed by atoms with Crippen LogP contribution in [0.4, 0.5) is 11.6 Å². The number of aliphatic imine (C=N–C) groups is 2. The summed E-state index contributed by atoms with van der Waals surface area (Å²) in [5.74, 6) is 0.939. The van der Waals surface area contributed by atoms with Crippen molar-refractivity contribution in [2.45, 2.75) is 9.79 Å². The molecule has 1 aromatic heterocycles. The zero-order chi connectivity index (χ0) is 26.2. The highest BCUT2D eigenvalue weighted by molar-refractivity contribution is 7.99. The maximum atomic E-state index is 5.11.